The Labute approximate surface area is 225 Å². The first-order valence-electron chi connectivity index (χ1n) is 11.8. The minimum Gasteiger partial charge on any atom is -0.489 e. The molecule has 1 N–H and O–H groups in total. The lowest BCUT2D eigenvalue weighted by Gasteiger charge is -2.28. The monoisotopic (exact) mass is 546 g/mol. The van der Waals surface area contributed by atoms with Crippen molar-refractivity contribution in [1.82, 2.24) is 14.8 Å². The number of nitrogens with zero attached hydrogens (tertiary/aromatic N) is 3. The Morgan fingerprint density at radius 1 is 1.17 bits per heavy atom. The molecule has 1 aromatic heterocycles. The van der Waals surface area contributed by atoms with Gasteiger partial charge in [0.05, 0.1) is 12.2 Å². The van der Waals surface area contributed by atoms with Gasteiger partial charge in [-0.2, -0.15) is 4.98 Å². The van der Waals surface area contributed by atoms with Gasteiger partial charge in [-0.25, -0.2) is 9.48 Å². The van der Waals surface area contributed by atoms with Gasteiger partial charge in [-0.05, 0) is 48.9 Å². The number of carbonyl (C=O) groups excluding carboxylic acids is 1. The van der Waals surface area contributed by atoms with Crippen LogP contribution in [0.5, 0.6) is 5.75 Å². The molecule has 0 aliphatic carbocycles. The van der Waals surface area contributed by atoms with Gasteiger partial charge in [0.25, 0.3) is 0 Å². The molecule has 0 fully saturated rings. The fourth-order valence-electron chi connectivity index (χ4n) is 3.83. The molecule has 36 heavy (non-hydrogen) atoms. The highest BCUT2D eigenvalue weighted by molar-refractivity contribution is 7.99. The summed E-state index contributed by atoms with van der Waals surface area (Å²) in [7, 11) is 0. The van der Waals surface area contributed by atoms with Gasteiger partial charge in [0.1, 0.15) is 18.4 Å². The van der Waals surface area contributed by atoms with Gasteiger partial charge in [0, 0.05) is 21.3 Å². The molecule has 0 bridgehead atoms. The molecule has 2 aromatic carbocycles. The summed E-state index contributed by atoms with van der Waals surface area (Å²) in [5, 5.41) is 9.70. The molecule has 1 aliphatic rings. The van der Waals surface area contributed by atoms with Crippen LogP contribution in [-0.4, -0.2) is 33.1 Å². The number of benzene rings is 2. The van der Waals surface area contributed by atoms with Gasteiger partial charge in [0.15, 0.2) is 0 Å². The van der Waals surface area contributed by atoms with Crippen molar-refractivity contribution < 1.29 is 14.3 Å². The normalized spacial score (nSPS) is 14.9. The van der Waals surface area contributed by atoms with Crippen LogP contribution in [0.15, 0.2) is 58.9 Å². The third-order valence-corrected chi connectivity index (χ3v) is 6.97. The quantitative estimate of drug-likeness (QED) is 0.168. The van der Waals surface area contributed by atoms with Gasteiger partial charge >= 0.3 is 5.97 Å². The van der Waals surface area contributed by atoms with Crippen LogP contribution in [0.4, 0.5) is 5.95 Å². The Morgan fingerprint density at radius 3 is 2.64 bits per heavy atom. The van der Waals surface area contributed by atoms with E-state index in [1.165, 1.54) is 0 Å². The number of unbranched alkanes of at least 4 members (excludes halogenated alkanes) is 1. The van der Waals surface area contributed by atoms with Crippen LogP contribution in [0.2, 0.25) is 10.0 Å². The van der Waals surface area contributed by atoms with Gasteiger partial charge in [0.2, 0.25) is 11.1 Å². The minimum absolute atomic E-state index is 0.307. The topological polar surface area (TPSA) is 78.3 Å². The number of thioether (sulfide) groups is 1. The molecule has 1 unspecified atom stereocenters. The third-order valence-electron chi connectivity index (χ3n) is 5.66. The first-order valence-corrected chi connectivity index (χ1v) is 13.6. The number of halogens is 2. The smallest absolute Gasteiger partial charge is 0.338 e. The fraction of sp³-hybridized carbons (Fsp3) is 0.346. The molecule has 0 amide bonds. The molecule has 0 saturated carbocycles. The van der Waals surface area contributed by atoms with Crippen molar-refractivity contribution in [1.29, 1.82) is 0 Å². The van der Waals surface area contributed by atoms with E-state index in [4.69, 9.17) is 32.7 Å². The van der Waals surface area contributed by atoms with Crippen LogP contribution >= 0.6 is 35.0 Å². The summed E-state index contributed by atoms with van der Waals surface area (Å²) in [5.41, 5.74) is 2.92. The lowest BCUT2D eigenvalue weighted by atomic mass is 9.96. The standard InChI is InChI=1S/C26H28Cl2N4O3S/c1-4-6-13-34-24(33)22-16(3)29-25-30-26(36-5-2)31-32(25)23(22)17-8-11-20(12-9-17)35-15-18-7-10-19(27)14-21(18)28/h7-12,14,23H,4-6,13,15H2,1-3H3,(H,29,30,31). The molecule has 4 rings (SSSR count). The Balaban J connectivity index is 1.61. The van der Waals surface area contributed by atoms with E-state index >= 15 is 0 Å². The summed E-state index contributed by atoms with van der Waals surface area (Å²) in [6.45, 7) is 6.65. The number of carbonyl (C=O) groups is 1. The molecule has 0 spiro atoms. The van der Waals surface area contributed by atoms with E-state index in [9.17, 15) is 4.79 Å². The zero-order chi connectivity index (χ0) is 25.7. The van der Waals surface area contributed by atoms with Crippen molar-refractivity contribution in [2.24, 2.45) is 0 Å². The predicted molar refractivity (Wildman–Crippen MR) is 144 cm³/mol. The van der Waals surface area contributed by atoms with Crippen LogP contribution in [0.1, 0.15) is 50.8 Å². The number of rotatable bonds is 10. The van der Waals surface area contributed by atoms with Crippen molar-refractivity contribution in [3.05, 3.63) is 74.9 Å². The van der Waals surface area contributed by atoms with Gasteiger partial charge in [-0.15, -0.1) is 5.10 Å². The highest BCUT2D eigenvalue weighted by atomic mass is 35.5. The molecular formula is C26H28Cl2N4O3S. The van der Waals surface area contributed by atoms with Gasteiger partial charge in [-0.3, -0.25) is 0 Å². The van der Waals surface area contributed by atoms with Crippen molar-refractivity contribution >= 4 is 46.9 Å². The maximum atomic E-state index is 13.2. The van der Waals surface area contributed by atoms with E-state index in [2.05, 4.69) is 22.3 Å². The van der Waals surface area contributed by atoms with Crippen LogP contribution in [-0.2, 0) is 16.1 Å². The maximum Gasteiger partial charge on any atom is 0.338 e. The predicted octanol–water partition coefficient (Wildman–Crippen LogP) is 6.91. The summed E-state index contributed by atoms with van der Waals surface area (Å²) in [5.74, 6) is 1.75. The number of nitrogens with one attached hydrogen (secondary N) is 1. The second-order valence-corrected chi connectivity index (χ2v) is 10.3. The molecule has 3 aromatic rings. The minimum atomic E-state index is -0.478. The van der Waals surface area contributed by atoms with Gasteiger partial charge in [-0.1, -0.05) is 73.4 Å². The summed E-state index contributed by atoms with van der Waals surface area (Å²) in [4.78, 5) is 17.8. The van der Waals surface area contributed by atoms with E-state index in [0.29, 0.717) is 51.4 Å². The summed E-state index contributed by atoms with van der Waals surface area (Å²) < 4.78 is 13.3. The Kier molecular flexibility index (Phi) is 8.82. The first-order chi connectivity index (χ1) is 17.4. The second kappa shape index (κ2) is 12.0. The van der Waals surface area contributed by atoms with Crippen molar-refractivity contribution in [2.45, 2.75) is 51.4 Å². The van der Waals surface area contributed by atoms with Crippen molar-refractivity contribution in [3.63, 3.8) is 0 Å². The van der Waals surface area contributed by atoms with Crippen LogP contribution in [0.3, 0.4) is 0 Å². The van der Waals surface area contributed by atoms with Gasteiger partial charge < -0.3 is 14.8 Å². The lowest BCUT2D eigenvalue weighted by Crippen LogP contribution is -2.29. The number of hydrogen-bond acceptors (Lipinski definition) is 7. The number of esters is 1. The van der Waals surface area contributed by atoms with Crippen LogP contribution in [0, 0.1) is 0 Å². The Morgan fingerprint density at radius 2 is 1.94 bits per heavy atom. The van der Waals surface area contributed by atoms with Crippen molar-refractivity contribution in [2.75, 3.05) is 17.7 Å². The number of allylic oxidation sites excluding steroid dienone is 1. The average Bonchev–Trinajstić information content (AvgIpc) is 3.25. The van der Waals surface area contributed by atoms with Crippen molar-refractivity contribution in [3.8, 4) is 5.75 Å². The molecule has 1 atom stereocenters. The van der Waals surface area contributed by atoms with E-state index in [0.717, 1.165) is 29.7 Å². The summed E-state index contributed by atoms with van der Waals surface area (Å²) >= 11 is 13.8. The molecule has 0 radical (unpaired) electrons. The highest BCUT2D eigenvalue weighted by Gasteiger charge is 2.35. The number of fused-ring (bicyclic) bond motifs is 1. The van der Waals surface area contributed by atoms with Crippen LogP contribution < -0.4 is 10.1 Å². The second-order valence-electron chi connectivity index (χ2n) is 8.24. The highest BCUT2D eigenvalue weighted by Crippen LogP contribution is 2.37. The van der Waals surface area contributed by atoms with E-state index in [-0.39, 0.29) is 5.97 Å². The SMILES string of the molecule is CCCCOC(=O)C1=C(C)Nc2nc(SCC)nn2C1c1ccc(OCc2ccc(Cl)cc2Cl)cc1. The zero-order valence-electron chi connectivity index (χ0n) is 20.4. The molecule has 190 valence electrons. The Bertz CT molecular complexity index is 1260. The average molecular weight is 548 g/mol. The number of ether oxygens (including phenoxy) is 2. The summed E-state index contributed by atoms with van der Waals surface area (Å²) in [6.07, 6.45) is 1.76. The zero-order valence-corrected chi connectivity index (χ0v) is 22.7. The maximum absolute atomic E-state index is 13.2. The molecule has 2 heterocycles. The molecule has 0 saturated heterocycles. The number of hydrogen-bond donors (Lipinski definition) is 1. The first kappa shape index (κ1) is 26.4. The Hall–Kier alpha value is -2.68. The molecule has 7 nitrogen and oxygen atoms in total. The molecule has 10 heteroatoms. The lowest BCUT2D eigenvalue weighted by molar-refractivity contribution is -0.139. The van der Waals surface area contributed by atoms with E-state index < -0.39 is 6.04 Å². The van der Waals surface area contributed by atoms with E-state index in [1.807, 2.05) is 44.2 Å². The number of aromatic nitrogens is 3. The third kappa shape index (κ3) is 5.99. The summed E-state index contributed by atoms with van der Waals surface area (Å²) in [6, 6.07) is 12.4. The largest absolute Gasteiger partial charge is 0.489 e. The molecule has 1 aliphatic heterocycles. The fourth-order valence-corrected chi connectivity index (χ4v) is 4.85. The van der Waals surface area contributed by atoms with Crippen LogP contribution in [0.25, 0.3) is 0 Å². The van der Waals surface area contributed by atoms with E-state index in [1.54, 1.807) is 28.6 Å². The number of anilines is 1. The molecular weight excluding hydrogens is 519 g/mol.